The van der Waals surface area contributed by atoms with Crippen LogP contribution in [0.5, 0.6) is 0 Å². The van der Waals surface area contributed by atoms with Gasteiger partial charge in [0.05, 0.1) is 28.1 Å². The quantitative estimate of drug-likeness (QED) is 0.607. The van der Waals surface area contributed by atoms with Gasteiger partial charge in [-0.1, -0.05) is 0 Å². The van der Waals surface area contributed by atoms with Crippen LogP contribution in [0.2, 0.25) is 0 Å². The summed E-state index contributed by atoms with van der Waals surface area (Å²) in [5, 5.41) is 24.1. The summed E-state index contributed by atoms with van der Waals surface area (Å²) < 4.78 is 0. The molecule has 0 bridgehead atoms. The van der Waals surface area contributed by atoms with E-state index in [1.165, 1.54) is 12.1 Å². The number of nitriles is 1. The third kappa shape index (κ3) is 3.98. The number of aromatic nitrogens is 1. The maximum atomic E-state index is 12.3. The van der Waals surface area contributed by atoms with Gasteiger partial charge in [-0.25, -0.2) is 4.98 Å². The molecule has 150 valence electrons. The molecule has 0 radical (unpaired) electrons. The van der Waals surface area contributed by atoms with Crippen molar-refractivity contribution in [3.63, 3.8) is 0 Å². The summed E-state index contributed by atoms with van der Waals surface area (Å²) in [7, 11) is 0. The molecule has 1 amide bonds. The molecule has 2 aromatic rings. The first-order chi connectivity index (χ1) is 14.0. The van der Waals surface area contributed by atoms with Crippen molar-refractivity contribution in [2.45, 2.75) is 31.8 Å². The van der Waals surface area contributed by atoms with Gasteiger partial charge >= 0.3 is 0 Å². The Morgan fingerprint density at radius 3 is 2.66 bits per heavy atom. The van der Waals surface area contributed by atoms with Crippen LogP contribution >= 0.6 is 0 Å². The van der Waals surface area contributed by atoms with Crippen LogP contribution in [-0.4, -0.2) is 59.0 Å². The Morgan fingerprint density at radius 1 is 1.31 bits per heavy atom. The molecule has 1 aliphatic heterocycles. The van der Waals surface area contributed by atoms with E-state index in [1.54, 1.807) is 12.1 Å². The molecule has 4 rings (SSSR count). The Balaban J connectivity index is 1.49. The SMILES string of the molecule is CC(C(=O)NC1CC1)N1CCN(c2cc(C#N)c3cc([N+](=O)[O-])ccc3n2)CC1. The summed E-state index contributed by atoms with van der Waals surface area (Å²) in [5.74, 6) is 0.760. The minimum Gasteiger partial charge on any atom is -0.354 e. The summed E-state index contributed by atoms with van der Waals surface area (Å²) >= 11 is 0. The molecule has 0 spiro atoms. The molecule has 1 aliphatic carbocycles. The van der Waals surface area contributed by atoms with Crippen LogP contribution in [0.15, 0.2) is 24.3 Å². The largest absolute Gasteiger partial charge is 0.354 e. The number of hydrogen-bond donors (Lipinski definition) is 1. The molecule has 2 heterocycles. The van der Waals surface area contributed by atoms with E-state index < -0.39 is 4.92 Å². The van der Waals surface area contributed by atoms with Gasteiger partial charge < -0.3 is 10.2 Å². The number of pyridine rings is 1. The van der Waals surface area contributed by atoms with Gasteiger partial charge in [-0.2, -0.15) is 5.26 Å². The number of nitrogens with one attached hydrogen (secondary N) is 1. The van der Waals surface area contributed by atoms with Gasteiger partial charge in [0.25, 0.3) is 5.69 Å². The van der Waals surface area contributed by atoms with Gasteiger partial charge in [0.15, 0.2) is 0 Å². The number of amides is 1. The normalized spacial score (nSPS) is 18.3. The molecule has 29 heavy (non-hydrogen) atoms. The Kier molecular flexibility index (Phi) is 5.03. The number of fused-ring (bicyclic) bond motifs is 1. The third-order valence-corrected chi connectivity index (χ3v) is 5.60. The smallest absolute Gasteiger partial charge is 0.270 e. The molecule has 2 aliphatic rings. The Hall–Kier alpha value is -3.25. The molecule has 9 nitrogen and oxygen atoms in total. The van der Waals surface area contributed by atoms with Gasteiger partial charge in [-0.05, 0) is 31.9 Å². The van der Waals surface area contributed by atoms with Crippen LogP contribution in [-0.2, 0) is 4.79 Å². The van der Waals surface area contributed by atoms with E-state index >= 15 is 0 Å². The maximum Gasteiger partial charge on any atom is 0.270 e. The number of nitro benzene ring substituents is 1. The first kappa shape index (κ1) is 19.1. The fourth-order valence-corrected chi connectivity index (χ4v) is 3.62. The zero-order chi connectivity index (χ0) is 20.5. The first-order valence-corrected chi connectivity index (χ1v) is 9.75. The number of rotatable bonds is 5. The average Bonchev–Trinajstić information content (AvgIpc) is 3.56. The van der Waals surface area contributed by atoms with Crippen molar-refractivity contribution < 1.29 is 9.72 Å². The minimum atomic E-state index is -0.478. The minimum absolute atomic E-state index is 0.0596. The van der Waals surface area contributed by atoms with E-state index in [9.17, 15) is 20.2 Å². The topological polar surface area (TPSA) is 115 Å². The molecule has 1 saturated carbocycles. The molecule has 1 aromatic heterocycles. The Labute approximate surface area is 168 Å². The lowest BCUT2D eigenvalue weighted by atomic mass is 10.1. The average molecular weight is 394 g/mol. The van der Waals surface area contributed by atoms with Crippen molar-refractivity contribution in [2.24, 2.45) is 0 Å². The Morgan fingerprint density at radius 2 is 2.03 bits per heavy atom. The summed E-state index contributed by atoms with van der Waals surface area (Å²) in [4.78, 5) is 31.7. The molecule has 1 N–H and O–H groups in total. The highest BCUT2D eigenvalue weighted by atomic mass is 16.6. The molecule has 9 heteroatoms. The molecule has 1 atom stereocenters. The lowest BCUT2D eigenvalue weighted by Gasteiger charge is -2.38. The second-order valence-electron chi connectivity index (χ2n) is 7.58. The number of hydrogen-bond acceptors (Lipinski definition) is 7. The van der Waals surface area contributed by atoms with Crippen LogP contribution in [0.25, 0.3) is 10.9 Å². The fourth-order valence-electron chi connectivity index (χ4n) is 3.62. The van der Waals surface area contributed by atoms with E-state index in [4.69, 9.17) is 0 Å². The van der Waals surface area contributed by atoms with Gasteiger partial charge in [0.2, 0.25) is 5.91 Å². The molecule has 1 unspecified atom stereocenters. The fraction of sp³-hybridized carbons (Fsp3) is 0.450. The number of carbonyl (C=O) groups excluding carboxylic acids is 1. The van der Waals surface area contributed by atoms with E-state index in [-0.39, 0.29) is 17.6 Å². The number of nitrogens with zero attached hydrogens (tertiary/aromatic N) is 5. The van der Waals surface area contributed by atoms with Crippen LogP contribution < -0.4 is 10.2 Å². The third-order valence-electron chi connectivity index (χ3n) is 5.60. The Bertz CT molecular complexity index is 1010. The van der Waals surface area contributed by atoms with Gasteiger partial charge in [0, 0.05) is 49.7 Å². The van der Waals surface area contributed by atoms with E-state index in [1.807, 2.05) is 6.92 Å². The highest BCUT2D eigenvalue weighted by Crippen LogP contribution is 2.27. The van der Waals surface area contributed by atoms with Crippen LogP contribution in [0, 0.1) is 21.4 Å². The van der Waals surface area contributed by atoms with Crippen molar-refractivity contribution in [3.8, 4) is 6.07 Å². The van der Waals surface area contributed by atoms with Crippen LogP contribution in [0.4, 0.5) is 11.5 Å². The van der Waals surface area contributed by atoms with Crippen molar-refractivity contribution >= 4 is 28.3 Å². The monoisotopic (exact) mass is 394 g/mol. The number of benzene rings is 1. The predicted octanol–water partition coefficient (Wildman–Crippen LogP) is 1.80. The summed E-state index contributed by atoms with van der Waals surface area (Å²) in [6.07, 6.45) is 2.15. The molecule has 1 saturated heterocycles. The lowest BCUT2D eigenvalue weighted by Crippen LogP contribution is -2.54. The van der Waals surface area contributed by atoms with Crippen molar-refractivity contribution in [1.82, 2.24) is 15.2 Å². The van der Waals surface area contributed by atoms with E-state index in [2.05, 4.69) is 26.2 Å². The second-order valence-corrected chi connectivity index (χ2v) is 7.58. The summed E-state index contributed by atoms with van der Waals surface area (Å²) in [6, 6.07) is 8.37. The van der Waals surface area contributed by atoms with E-state index in [0.717, 1.165) is 25.9 Å². The summed E-state index contributed by atoms with van der Waals surface area (Å²) in [5.41, 5.74) is 0.869. The van der Waals surface area contributed by atoms with Crippen LogP contribution in [0.1, 0.15) is 25.3 Å². The van der Waals surface area contributed by atoms with Crippen LogP contribution in [0.3, 0.4) is 0 Å². The number of nitro groups is 1. The maximum absolute atomic E-state index is 12.3. The van der Waals surface area contributed by atoms with Gasteiger partial charge in [-0.15, -0.1) is 0 Å². The highest BCUT2D eigenvalue weighted by molar-refractivity contribution is 5.88. The standard InChI is InChI=1S/C20H22N6O3/c1-13(20(27)22-15-2-3-15)24-6-8-25(9-7-24)19-10-14(12-21)17-11-16(26(28)29)4-5-18(17)23-19/h4-5,10-11,13,15H,2-3,6-9H2,1H3,(H,22,27). The second kappa shape index (κ2) is 7.64. The summed E-state index contributed by atoms with van der Waals surface area (Å²) in [6.45, 7) is 4.76. The zero-order valence-corrected chi connectivity index (χ0v) is 16.2. The predicted molar refractivity (Wildman–Crippen MR) is 108 cm³/mol. The number of carbonyl (C=O) groups is 1. The first-order valence-electron chi connectivity index (χ1n) is 9.75. The number of non-ortho nitro benzene ring substituents is 1. The van der Waals surface area contributed by atoms with Gasteiger partial charge in [-0.3, -0.25) is 19.8 Å². The number of anilines is 1. The van der Waals surface area contributed by atoms with Crippen molar-refractivity contribution in [2.75, 3.05) is 31.1 Å². The van der Waals surface area contributed by atoms with Crippen molar-refractivity contribution in [1.29, 1.82) is 5.26 Å². The van der Waals surface area contributed by atoms with E-state index in [0.29, 0.717) is 41.4 Å². The van der Waals surface area contributed by atoms with Crippen molar-refractivity contribution in [3.05, 3.63) is 39.9 Å². The molecule has 1 aromatic carbocycles. The zero-order valence-electron chi connectivity index (χ0n) is 16.2. The molecule has 2 fully saturated rings. The van der Waals surface area contributed by atoms with Gasteiger partial charge in [0.1, 0.15) is 5.82 Å². The molecular formula is C20H22N6O3. The number of piperazine rings is 1. The molecular weight excluding hydrogens is 372 g/mol. The lowest BCUT2D eigenvalue weighted by molar-refractivity contribution is -0.384. The highest BCUT2D eigenvalue weighted by Gasteiger charge is 2.30.